The zero-order chi connectivity index (χ0) is 17.1. The number of methoxy groups -OCH3 is 1. The molecule has 0 saturated carbocycles. The first kappa shape index (κ1) is 18.0. The summed E-state index contributed by atoms with van der Waals surface area (Å²) < 4.78 is 81.6. The minimum atomic E-state index is -5.20. The highest BCUT2D eigenvalue weighted by molar-refractivity contribution is 8.00. The Morgan fingerprint density at radius 2 is 1.82 bits per heavy atom. The minimum Gasteiger partial charge on any atom is -0.465 e. The summed E-state index contributed by atoms with van der Waals surface area (Å²) in [5, 5.41) is 8.89. The Kier molecular flexibility index (Phi) is 5.18. The zero-order valence-corrected chi connectivity index (χ0v) is 11.3. The molecule has 0 aliphatic rings. The van der Waals surface area contributed by atoms with Crippen molar-refractivity contribution in [1.82, 2.24) is 0 Å². The Balaban J connectivity index is 3.51. The van der Waals surface area contributed by atoms with Crippen LogP contribution in [0.1, 0.15) is 15.9 Å². The molecule has 0 aromatic heterocycles. The lowest BCUT2D eigenvalue weighted by atomic mass is 10.1. The first-order valence-electron chi connectivity index (χ1n) is 5.15. The van der Waals surface area contributed by atoms with E-state index in [4.69, 9.17) is 5.26 Å². The highest BCUT2D eigenvalue weighted by atomic mass is 32.2. The van der Waals surface area contributed by atoms with E-state index >= 15 is 0 Å². The molecule has 1 rings (SSSR count). The van der Waals surface area contributed by atoms with Gasteiger partial charge in [0.2, 0.25) is 0 Å². The van der Waals surface area contributed by atoms with E-state index in [0.717, 1.165) is 7.11 Å². The number of thioether (sulfide) groups is 1. The lowest BCUT2D eigenvalue weighted by Crippen LogP contribution is -2.20. The van der Waals surface area contributed by atoms with Crippen LogP contribution in [0.4, 0.5) is 26.3 Å². The van der Waals surface area contributed by atoms with Gasteiger partial charge in [-0.2, -0.15) is 18.4 Å². The molecule has 1 aromatic rings. The van der Waals surface area contributed by atoms with Crippen LogP contribution in [-0.4, -0.2) is 24.9 Å². The van der Waals surface area contributed by atoms with Gasteiger partial charge in [0.05, 0.1) is 12.7 Å². The second-order valence-electron chi connectivity index (χ2n) is 3.51. The van der Waals surface area contributed by atoms with Crippen molar-refractivity contribution in [1.29, 1.82) is 5.26 Å². The average molecular weight is 345 g/mol. The first-order chi connectivity index (χ1) is 9.98. The summed E-state index contributed by atoms with van der Waals surface area (Å²) in [5.74, 6) is -2.55. The summed E-state index contributed by atoms with van der Waals surface area (Å²) >= 11 is -0.746. The van der Waals surface area contributed by atoms with Gasteiger partial charge in [-0.05, 0) is 23.9 Å². The molecule has 0 heterocycles. The van der Waals surface area contributed by atoms with E-state index in [-0.39, 0.29) is 0 Å². The third-order valence-electron chi connectivity index (χ3n) is 2.08. The fraction of sp³-hybridized carbons (Fsp3) is 0.273. The van der Waals surface area contributed by atoms with E-state index in [9.17, 15) is 31.1 Å². The standard InChI is InChI=1S/C11H5F6NO3S/c1-20-9(19)8-5(4-18)7(22-11(15,16)17)3-2-6(8)21-10(12,13)14/h2-3H,1H3. The van der Waals surface area contributed by atoms with E-state index in [0.29, 0.717) is 12.1 Å². The Morgan fingerprint density at radius 3 is 2.23 bits per heavy atom. The summed E-state index contributed by atoms with van der Waals surface area (Å²) in [6, 6.07) is 2.37. The molecule has 11 heteroatoms. The Morgan fingerprint density at radius 1 is 1.23 bits per heavy atom. The van der Waals surface area contributed by atoms with Gasteiger partial charge >= 0.3 is 17.8 Å². The molecule has 0 atom stereocenters. The van der Waals surface area contributed by atoms with Crippen molar-refractivity contribution in [2.24, 2.45) is 0 Å². The summed E-state index contributed by atoms with van der Waals surface area (Å²) in [6.45, 7) is 0. The summed E-state index contributed by atoms with van der Waals surface area (Å²) in [7, 11) is 0.796. The fourth-order valence-corrected chi connectivity index (χ4v) is 2.03. The number of alkyl halides is 6. The Hall–Kier alpha value is -2.09. The largest absolute Gasteiger partial charge is 0.573 e. The maximum Gasteiger partial charge on any atom is 0.573 e. The van der Waals surface area contributed by atoms with Crippen LogP contribution in [-0.2, 0) is 4.74 Å². The van der Waals surface area contributed by atoms with Gasteiger partial charge in [-0.15, -0.1) is 13.2 Å². The molecule has 22 heavy (non-hydrogen) atoms. The van der Waals surface area contributed by atoms with E-state index in [1.807, 2.05) is 0 Å². The first-order valence-corrected chi connectivity index (χ1v) is 5.97. The predicted octanol–water partition coefficient (Wildman–Crippen LogP) is 3.86. The minimum absolute atomic E-state index is 0.509. The highest BCUT2D eigenvalue weighted by Gasteiger charge is 2.36. The van der Waals surface area contributed by atoms with Gasteiger partial charge in [0, 0.05) is 4.90 Å². The van der Waals surface area contributed by atoms with Crippen LogP contribution >= 0.6 is 11.8 Å². The molecule has 0 fully saturated rings. The molecular formula is C11H5F6NO3S. The molecule has 0 N–H and O–H groups in total. The van der Waals surface area contributed by atoms with Gasteiger partial charge in [0.25, 0.3) is 0 Å². The Bertz CT molecular complexity index is 620. The maximum atomic E-state index is 12.4. The lowest BCUT2D eigenvalue weighted by molar-refractivity contribution is -0.274. The van der Waals surface area contributed by atoms with Crippen molar-refractivity contribution in [3.05, 3.63) is 23.3 Å². The van der Waals surface area contributed by atoms with Crippen molar-refractivity contribution >= 4 is 17.7 Å². The van der Waals surface area contributed by atoms with Crippen LogP contribution in [0.15, 0.2) is 17.0 Å². The smallest absolute Gasteiger partial charge is 0.465 e. The SMILES string of the molecule is COC(=O)c1c(OC(F)(F)F)ccc(SC(F)(F)F)c1C#N. The number of nitrogens with zero attached hydrogens (tertiary/aromatic N) is 1. The second kappa shape index (κ2) is 6.35. The quantitative estimate of drug-likeness (QED) is 0.473. The number of halogens is 6. The summed E-state index contributed by atoms with van der Waals surface area (Å²) in [6.07, 6.45) is -5.20. The number of ether oxygens (including phenoxy) is 2. The molecule has 0 bridgehead atoms. The highest BCUT2D eigenvalue weighted by Crippen LogP contribution is 2.41. The van der Waals surface area contributed by atoms with E-state index < -0.39 is 51.4 Å². The van der Waals surface area contributed by atoms with Gasteiger partial charge in [0.1, 0.15) is 17.4 Å². The molecule has 1 aromatic carbocycles. The predicted molar refractivity (Wildman–Crippen MR) is 61.1 cm³/mol. The molecule has 0 unspecified atom stereocenters. The van der Waals surface area contributed by atoms with Gasteiger partial charge in [0.15, 0.2) is 0 Å². The van der Waals surface area contributed by atoms with Gasteiger partial charge in [-0.3, -0.25) is 0 Å². The van der Waals surface area contributed by atoms with Crippen LogP contribution in [0.25, 0.3) is 0 Å². The van der Waals surface area contributed by atoms with Gasteiger partial charge in [-0.25, -0.2) is 4.79 Å². The van der Waals surface area contributed by atoms with Crippen molar-refractivity contribution in [2.75, 3.05) is 7.11 Å². The number of hydrogen-bond donors (Lipinski definition) is 0. The van der Waals surface area contributed by atoms with E-state index in [2.05, 4.69) is 9.47 Å². The molecule has 0 aliphatic heterocycles. The third-order valence-corrected chi connectivity index (χ3v) is 2.87. The zero-order valence-electron chi connectivity index (χ0n) is 10.5. The van der Waals surface area contributed by atoms with Crippen molar-refractivity contribution < 1.29 is 40.6 Å². The molecular weight excluding hydrogens is 340 g/mol. The second-order valence-corrected chi connectivity index (χ2v) is 4.62. The number of hydrogen-bond acceptors (Lipinski definition) is 5. The summed E-state index contributed by atoms with van der Waals surface area (Å²) in [4.78, 5) is 10.8. The number of carbonyl (C=O) groups is 1. The van der Waals surface area contributed by atoms with Crippen LogP contribution in [0, 0.1) is 11.3 Å². The Labute approximate surface area is 123 Å². The van der Waals surface area contributed by atoms with Crippen LogP contribution in [0.2, 0.25) is 0 Å². The molecule has 0 saturated heterocycles. The van der Waals surface area contributed by atoms with Crippen molar-refractivity contribution in [3.8, 4) is 11.8 Å². The summed E-state index contributed by atoms with van der Waals surface area (Å²) in [5.41, 5.74) is -6.75. The van der Waals surface area contributed by atoms with Crippen molar-refractivity contribution in [3.63, 3.8) is 0 Å². The molecule has 4 nitrogen and oxygen atoms in total. The van der Waals surface area contributed by atoms with Gasteiger partial charge in [-0.1, -0.05) is 0 Å². The van der Waals surface area contributed by atoms with Crippen LogP contribution in [0.3, 0.4) is 0 Å². The topological polar surface area (TPSA) is 59.3 Å². The van der Waals surface area contributed by atoms with Gasteiger partial charge < -0.3 is 9.47 Å². The van der Waals surface area contributed by atoms with E-state index in [1.165, 1.54) is 6.07 Å². The normalized spacial score (nSPS) is 11.7. The number of nitriles is 1. The fourth-order valence-electron chi connectivity index (χ4n) is 1.40. The molecule has 0 radical (unpaired) electrons. The average Bonchev–Trinajstić information content (AvgIpc) is 2.35. The lowest BCUT2D eigenvalue weighted by Gasteiger charge is -2.15. The molecule has 0 aliphatic carbocycles. The number of esters is 1. The maximum absolute atomic E-state index is 12.4. The van der Waals surface area contributed by atoms with Crippen molar-refractivity contribution in [2.45, 2.75) is 16.8 Å². The van der Waals surface area contributed by atoms with Crippen LogP contribution < -0.4 is 4.74 Å². The third kappa shape index (κ3) is 4.73. The van der Waals surface area contributed by atoms with Crippen LogP contribution in [0.5, 0.6) is 5.75 Å². The molecule has 0 spiro atoms. The number of carbonyl (C=O) groups excluding carboxylic acids is 1. The molecule has 120 valence electrons. The number of benzene rings is 1. The monoisotopic (exact) mass is 345 g/mol. The number of rotatable bonds is 3. The molecule has 0 amide bonds. The van der Waals surface area contributed by atoms with E-state index in [1.54, 1.807) is 0 Å².